The van der Waals surface area contributed by atoms with Crippen LogP contribution in [0.1, 0.15) is 79.0 Å². The Labute approximate surface area is 201 Å². The van der Waals surface area contributed by atoms with Gasteiger partial charge in [0.2, 0.25) is 0 Å². The van der Waals surface area contributed by atoms with Crippen molar-refractivity contribution in [1.82, 2.24) is 10.6 Å². The molecule has 0 aliphatic heterocycles. The van der Waals surface area contributed by atoms with Gasteiger partial charge in [0.15, 0.2) is 5.11 Å². The maximum atomic E-state index is 12.9. The molecule has 3 rings (SSSR count). The van der Waals surface area contributed by atoms with Crippen LogP contribution in [0.25, 0.3) is 0 Å². The molecule has 3 N–H and O–H groups in total. The number of carbonyl (C=O) groups excluding carboxylic acids is 2. The lowest BCUT2D eigenvalue weighted by Crippen LogP contribution is -2.37. The topological polar surface area (TPSA) is 79.5 Å². The number of rotatable bonds is 9. The van der Waals surface area contributed by atoms with Gasteiger partial charge in [-0.2, -0.15) is 0 Å². The molecule has 0 bridgehead atoms. The smallest absolute Gasteiger partial charge is 0.261 e. The summed E-state index contributed by atoms with van der Waals surface area (Å²) in [5, 5.41) is 8.96. The molecule has 1 saturated carbocycles. The molecule has 0 heterocycles. The largest absolute Gasteiger partial charge is 0.493 e. The summed E-state index contributed by atoms with van der Waals surface area (Å²) in [6.45, 7) is 2.69. The van der Waals surface area contributed by atoms with Crippen LogP contribution < -0.4 is 20.7 Å². The zero-order valence-corrected chi connectivity index (χ0v) is 20.0. The number of benzene rings is 2. The Kier molecular flexibility index (Phi) is 9.69. The monoisotopic (exact) mass is 467 g/mol. The van der Waals surface area contributed by atoms with E-state index < -0.39 is 0 Å². The van der Waals surface area contributed by atoms with Crippen LogP contribution in [0.2, 0.25) is 0 Å². The van der Waals surface area contributed by atoms with E-state index in [4.69, 9.17) is 17.0 Å². The van der Waals surface area contributed by atoms with Crippen LogP contribution in [0.3, 0.4) is 0 Å². The minimum absolute atomic E-state index is 0.124. The van der Waals surface area contributed by atoms with Crippen LogP contribution in [0.4, 0.5) is 5.69 Å². The fourth-order valence-electron chi connectivity index (χ4n) is 3.94. The average Bonchev–Trinajstić information content (AvgIpc) is 2.83. The molecule has 2 aromatic carbocycles. The SMILES string of the molecule is CCCCCOc1ccccc1C(=O)NC(=S)Nc1ccccc1C(=O)NC1CCCCC1. The number of hydrogen-bond acceptors (Lipinski definition) is 4. The van der Waals surface area contributed by atoms with Gasteiger partial charge in [0.25, 0.3) is 11.8 Å². The van der Waals surface area contributed by atoms with E-state index >= 15 is 0 Å². The van der Waals surface area contributed by atoms with Gasteiger partial charge >= 0.3 is 0 Å². The number of thiocarbonyl (C=S) groups is 1. The first kappa shape index (κ1) is 24.7. The molecule has 33 heavy (non-hydrogen) atoms. The molecule has 176 valence electrons. The van der Waals surface area contributed by atoms with Crippen molar-refractivity contribution < 1.29 is 14.3 Å². The number of amides is 2. The molecule has 1 aliphatic carbocycles. The highest BCUT2D eigenvalue weighted by Crippen LogP contribution is 2.21. The van der Waals surface area contributed by atoms with Crippen LogP contribution in [0.15, 0.2) is 48.5 Å². The Morgan fingerprint density at radius 3 is 2.39 bits per heavy atom. The van der Waals surface area contributed by atoms with Crippen molar-refractivity contribution in [1.29, 1.82) is 0 Å². The Bertz CT molecular complexity index is 957. The van der Waals surface area contributed by atoms with Crippen LogP contribution in [0.5, 0.6) is 5.75 Å². The van der Waals surface area contributed by atoms with E-state index in [1.54, 1.807) is 30.3 Å². The molecule has 1 aliphatic rings. The third-order valence-electron chi connectivity index (χ3n) is 5.72. The summed E-state index contributed by atoms with van der Waals surface area (Å²) in [6.07, 6.45) is 8.65. The van der Waals surface area contributed by atoms with Crippen LogP contribution in [-0.2, 0) is 0 Å². The summed E-state index contributed by atoms with van der Waals surface area (Å²) >= 11 is 5.37. The van der Waals surface area contributed by atoms with Crippen molar-refractivity contribution in [3.05, 3.63) is 59.7 Å². The van der Waals surface area contributed by atoms with Crippen LogP contribution in [0, 0.1) is 0 Å². The average molecular weight is 468 g/mol. The Balaban J connectivity index is 1.61. The molecule has 0 atom stereocenters. The number of unbranched alkanes of at least 4 members (excludes halogenated alkanes) is 2. The molecule has 7 heteroatoms. The van der Waals surface area contributed by atoms with Gasteiger partial charge < -0.3 is 15.4 Å². The second kappa shape index (κ2) is 12.9. The van der Waals surface area contributed by atoms with Gasteiger partial charge in [-0.3, -0.25) is 14.9 Å². The van der Waals surface area contributed by atoms with Gasteiger partial charge in [-0.1, -0.05) is 63.3 Å². The molecule has 0 radical (unpaired) electrons. The van der Waals surface area contributed by atoms with E-state index in [2.05, 4.69) is 22.9 Å². The quantitative estimate of drug-likeness (QED) is 0.338. The van der Waals surface area contributed by atoms with E-state index in [0.29, 0.717) is 29.2 Å². The fraction of sp³-hybridized carbons (Fsp3) is 0.423. The third kappa shape index (κ3) is 7.56. The molecule has 0 aromatic heterocycles. The van der Waals surface area contributed by atoms with Gasteiger partial charge in [0, 0.05) is 6.04 Å². The predicted octanol–water partition coefficient (Wildman–Crippen LogP) is 5.44. The summed E-state index contributed by atoms with van der Waals surface area (Å²) in [7, 11) is 0. The second-order valence-electron chi connectivity index (χ2n) is 8.31. The van der Waals surface area contributed by atoms with Gasteiger partial charge in [-0.15, -0.1) is 0 Å². The van der Waals surface area contributed by atoms with Crippen LogP contribution in [-0.4, -0.2) is 29.6 Å². The Morgan fingerprint density at radius 2 is 1.64 bits per heavy atom. The fourth-order valence-corrected chi connectivity index (χ4v) is 4.14. The normalized spacial score (nSPS) is 13.7. The van der Waals surface area contributed by atoms with Crippen molar-refractivity contribution in [2.24, 2.45) is 0 Å². The molecule has 1 fully saturated rings. The molecule has 0 saturated heterocycles. The molecule has 0 spiro atoms. The van der Waals surface area contributed by atoms with Gasteiger partial charge in [0.1, 0.15) is 5.75 Å². The zero-order chi connectivity index (χ0) is 23.5. The molecule has 2 aromatic rings. The number of carbonyl (C=O) groups is 2. The van der Waals surface area contributed by atoms with E-state index in [9.17, 15) is 9.59 Å². The first-order valence-electron chi connectivity index (χ1n) is 11.8. The maximum absolute atomic E-state index is 12.9. The van der Waals surface area contributed by atoms with Gasteiger partial charge in [-0.25, -0.2) is 0 Å². The minimum atomic E-state index is -0.359. The highest BCUT2D eigenvalue weighted by Gasteiger charge is 2.19. The van der Waals surface area contributed by atoms with Crippen molar-refractivity contribution in [3.63, 3.8) is 0 Å². The number of anilines is 1. The highest BCUT2D eigenvalue weighted by atomic mass is 32.1. The van der Waals surface area contributed by atoms with E-state index in [1.807, 2.05) is 18.2 Å². The Morgan fingerprint density at radius 1 is 0.939 bits per heavy atom. The van der Waals surface area contributed by atoms with E-state index in [0.717, 1.165) is 44.9 Å². The third-order valence-corrected chi connectivity index (χ3v) is 5.93. The molecular formula is C26H33N3O3S. The lowest BCUT2D eigenvalue weighted by atomic mass is 9.95. The predicted molar refractivity (Wildman–Crippen MR) is 136 cm³/mol. The summed E-state index contributed by atoms with van der Waals surface area (Å²) in [4.78, 5) is 25.7. The second-order valence-corrected chi connectivity index (χ2v) is 8.72. The number of nitrogens with one attached hydrogen (secondary N) is 3. The Hall–Kier alpha value is -2.93. The number of ether oxygens (including phenoxy) is 1. The van der Waals surface area contributed by atoms with E-state index in [1.165, 1.54) is 6.42 Å². The van der Waals surface area contributed by atoms with Crippen molar-refractivity contribution >= 4 is 34.8 Å². The minimum Gasteiger partial charge on any atom is -0.493 e. The standard InChI is InChI=1S/C26H33N3O3S/c1-2-3-11-18-32-23-17-10-8-15-21(23)25(31)29-26(33)28-22-16-9-7-14-20(22)24(30)27-19-12-5-4-6-13-19/h7-10,14-17,19H,2-6,11-13,18H2,1H3,(H,27,30)(H2,28,29,31,33). The summed E-state index contributed by atoms with van der Waals surface area (Å²) in [5.41, 5.74) is 1.47. The molecule has 0 unspecified atom stereocenters. The first-order chi connectivity index (χ1) is 16.1. The molecule has 6 nitrogen and oxygen atoms in total. The first-order valence-corrected chi connectivity index (χ1v) is 12.2. The van der Waals surface area contributed by atoms with Crippen molar-refractivity contribution in [2.45, 2.75) is 64.3 Å². The lowest BCUT2D eigenvalue weighted by Gasteiger charge is -2.23. The summed E-state index contributed by atoms with van der Waals surface area (Å²) in [5.74, 6) is 0.0360. The van der Waals surface area contributed by atoms with Crippen molar-refractivity contribution in [2.75, 3.05) is 11.9 Å². The molecule has 2 amide bonds. The van der Waals surface area contributed by atoms with Crippen LogP contribution >= 0.6 is 12.2 Å². The van der Waals surface area contributed by atoms with E-state index in [-0.39, 0.29) is 23.0 Å². The number of hydrogen-bond donors (Lipinski definition) is 3. The molecular weight excluding hydrogens is 434 g/mol. The zero-order valence-electron chi connectivity index (χ0n) is 19.2. The van der Waals surface area contributed by atoms with Gasteiger partial charge in [0.05, 0.1) is 23.4 Å². The van der Waals surface area contributed by atoms with Crippen molar-refractivity contribution in [3.8, 4) is 5.75 Å². The number of para-hydroxylation sites is 2. The van der Waals surface area contributed by atoms with Gasteiger partial charge in [-0.05, 0) is 55.7 Å². The summed E-state index contributed by atoms with van der Waals surface area (Å²) in [6, 6.07) is 14.5. The lowest BCUT2D eigenvalue weighted by molar-refractivity contribution is 0.0927. The maximum Gasteiger partial charge on any atom is 0.261 e. The summed E-state index contributed by atoms with van der Waals surface area (Å²) < 4.78 is 5.81. The highest BCUT2D eigenvalue weighted by molar-refractivity contribution is 7.80.